The van der Waals surface area contributed by atoms with Crippen LogP contribution in [0.5, 0.6) is 0 Å². The lowest BCUT2D eigenvalue weighted by Gasteiger charge is -2.27. The molecule has 14 heavy (non-hydrogen) atoms. The number of anilines is 1. The normalized spacial score (nSPS) is 14.9. The molecular formula is C10H12N2OS. The molecule has 0 aliphatic carbocycles. The van der Waals surface area contributed by atoms with Crippen molar-refractivity contribution in [3.63, 3.8) is 0 Å². The van der Waals surface area contributed by atoms with Crippen LogP contribution in [0.4, 0.5) is 5.69 Å². The molecule has 1 aromatic rings. The Bertz CT molecular complexity index is 354. The van der Waals surface area contributed by atoms with Crippen molar-refractivity contribution in [2.45, 2.75) is 13.3 Å². The second-order valence-corrected chi connectivity index (χ2v) is 3.97. The standard InChI is InChI=1S/C10H12N2OS/c1-2-7-12-10(13)8-5-3-4-6-9(8)11-14-12/h3-6,11H,2,7H2,1H3. The van der Waals surface area contributed by atoms with Crippen LogP contribution in [-0.2, 0) is 0 Å². The number of nitrogens with zero attached hydrogens (tertiary/aromatic N) is 1. The monoisotopic (exact) mass is 208 g/mol. The third kappa shape index (κ3) is 1.57. The van der Waals surface area contributed by atoms with Gasteiger partial charge in [-0.1, -0.05) is 19.1 Å². The first-order valence-corrected chi connectivity index (χ1v) is 5.44. The van der Waals surface area contributed by atoms with E-state index in [1.165, 1.54) is 12.1 Å². The summed E-state index contributed by atoms with van der Waals surface area (Å²) in [6.45, 7) is 2.85. The van der Waals surface area contributed by atoms with E-state index in [1.54, 1.807) is 4.31 Å². The summed E-state index contributed by atoms with van der Waals surface area (Å²) in [7, 11) is 0. The van der Waals surface area contributed by atoms with Crippen molar-refractivity contribution in [2.24, 2.45) is 0 Å². The Kier molecular flexibility index (Phi) is 2.63. The summed E-state index contributed by atoms with van der Waals surface area (Å²) < 4.78 is 4.90. The summed E-state index contributed by atoms with van der Waals surface area (Å²) in [5, 5.41) is 0. The number of nitrogens with one attached hydrogen (secondary N) is 1. The van der Waals surface area contributed by atoms with Crippen molar-refractivity contribution in [1.29, 1.82) is 0 Å². The van der Waals surface area contributed by atoms with Crippen molar-refractivity contribution >= 4 is 23.7 Å². The van der Waals surface area contributed by atoms with Gasteiger partial charge in [-0.05, 0) is 18.6 Å². The zero-order chi connectivity index (χ0) is 9.97. The van der Waals surface area contributed by atoms with Crippen LogP contribution in [0.15, 0.2) is 24.3 Å². The van der Waals surface area contributed by atoms with Gasteiger partial charge in [-0.15, -0.1) is 0 Å². The molecule has 0 radical (unpaired) electrons. The van der Waals surface area contributed by atoms with Crippen molar-refractivity contribution in [3.8, 4) is 0 Å². The molecular weight excluding hydrogens is 196 g/mol. The number of benzene rings is 1. The molecule has 3 nitrogen and oxygen atoms in total. The minimum Gasteiger partial charge on any atom is -0.311 e. The van der Waals surface area contributed by atoms with Gasteiger partial charge in [-0.3, -0.25) is 9.10 Å². The van der Waals surface area contributed by atoms with E-state index in [0.717, 1.165) is 24.2 Å². The lowest BCUT2D eigenvalue weighted by Crippen LogP contribution is -2.30. The number of fused-ring (bicyclic) bond motifs is 1. The van der Waals surface area contributed by atoms with Crippen molar-refractivity contribution < 1.29 is 4.79 Å². The number of amides is 1. The van der Waals surface area contributed by atoms with Gasteiger partial charge in [0.25, 0.3) is 5.91 Å². The molecule has 1 heterocycles. The Morgan fingerprint density at radius 3 is 3.00 bits per heavy atom. The van der Waals surface area contributed by atoms with Crippen LogP contribution in [0.2, 0.25) is 0 Å². The number of para-hydroxylation sites is 1. The molecule has 0 saturated heterocycles. The summed E-state index contributed by atoms with van der Waals surface area (Å²) in [6, 6.07) is 7.59. The van der Waals surface area contributed by atoms with Gasteiger partial charge < -0.3 is 4.72 Å². The first-order chi connectivity index (χ1) is 6.83. The molecule has 1 aromatic carbocycles. The van der Waals surface area contributed by atoms with E-state index in [2.05, 4.69) is 11.6 Å². The van der Waals surface area contributed by atoms with E-state index in [9.17, 15) is 4.79 Å². The Morgan fingerprint density at radius 1 is 1.43 bits per heavy atom. The van der Waals surface area contributed by atoms with Crippen LogP contribution in [0.3, 0.4) is 0 Å². The van der Waals surface area contributed by atoms with Crippen LogP contribution in [-0.4, -0.2) is 16.8 Å². The van der Waals surface area contributed by atoms with Crippen molar-refractivity contribution in [1.82, 2.24) is 4.31 Å². The molecule has 0 atom stereocenters. The van der Waals surface area contributed by atoms with Gasteiger partial charge in [-0.2, -0.15) is 0 Å². The molecule has 1 N–H and O–H groups in total. The highest BCUT2D eigenvalue weighted by atomic mass is 32.2. The number of hydrogen-bond acceptors (Lipinski definition) is 3. The lowest BCUT2D eigenvalue weighted by atomic mass is 10.1. The minimum atomic E-state index is 0.103. The summed E-state index contributed by atoms with van der Waals surface area (Å²) in [6.07, 6.45) is 0.975. The van der Waals surface area contributed by atoms with Gasteiger partial charge in [0.05, 0.1) is 23.4 Å². The molecule has 1 amide bonds. The van der Waals surface area contributed by atoms with E-state index >= 15 is 0 Å². The van der Waals surface area contributed by atoms with Crippen LogP contribution in [0, 0.1) is 0 Å². The topological polar surface area (TPSA) is 32.3 Å². The highest BCUT2D eigenvalue weighted by molar-refractivity contribution is 7.99. The van der Waals surface area contributed by atoms with Crippen LogP contribution in [0.1, 0.15) is 23.7 Å². The molecule has 0 aromatic heterocycles. The van der Waals surface area contributed by atoms with Gasteiger partial charge in [-0.25, -0.2) is 0 Å². The summed E-state index contributed by atoms with van der Waals surface area (Å²) in [5.74, 6) is 0.103. The second-order valence-electron chi connectivity index (χ2n) is 3.15. The first kappa shape index (κ1) is 9.40. The van der Waals surface area contributed by atoms with Crippen molar-refractivity contribution in [2.75, 3.05) is 11.3 Å². The third-order valence-electron chi connectivity index (χ3n) is 2.08. The van der Waals surface area contributed by atoms with Crippen LogP contribution < -0.4 is 4.72 Å². The fourth-order valence-electron chi connectivity index (χ4n) is 1.39. The van der Waals surface area contributed by atoms with E-state index in [0.29, 0.717) is 0 Å². The summed E-state index contributed by atoms with van der Waals surface area (Å²) in [4.78, 5) is 11.9. The van der Waals surface area contributed by atoms with Gasteiger partial charge >= 0.3 is 0 Å². The average molecular weight is 208 g/mol. The fraction of sp³-hybridized carbons (Fsp3) is 0.300. The lowest BCUT2D eigenvalue weighted by molar-refractivity contribution is 0.0871. The molecule has 0 bridgehead atoms. The Hall–Kier alpha value is -1.16. The molecule has 2 rings (SSSR count). The number of hydrogen-bond donors (Lipinski definition) is 1. The van der Waals surface area contributed by atoms with E-state index in [1.807, 2.05) is 24.3 Å². The minimum absolute atomic E-state index is 0.103. The zero-order valence-electron chi connectivity index (χ0n) is 7.99. The number of carbonyl (C=O) groups excluding carboxylic acids is 1. The molecule has 0 spiro atoms. The van der Waals surface area contributed by atoms with E-state index < -0.39 is 0 Å². The molecule has 74 valence electrons. The van der Waals surface area contributed by atoms with Crippen molar-refractivity contribution in [3.05, 3.63) is 29.8 Å². The van der Waals surface area contributed by atoms with Crippen LogP contribution in [0.25, 0.3) is 0 Å². The largest absolute Gasteiger partial charge is 0.311 e. The highest BCUT2D eigenvalue weighted by Gasteiger charge is 2.23. The molecule has 1 aliphatic heterocycles. The van der Waals surface area contributed by atoms with Gasteiger partial charge in [0, 0.05) is 6.54 Å². The Labute approximate surface area is 87.8 Å². The quantitative estimate of drug-likeness (QED) is 0.758. The molecule has 0 unspecified atom stereocenters. The smallest absolute Gasteiger partial charge is 0.267 e. The zero-order valence-corrected chi connectivity index (χ0v) is 8.80. The Morgan fingerprint density at radius 2 is 2.21 bits per heavy atom. The molecule has 1 aliphatic rings. The average Bonchev–Trinajstić information content (AvgIpc) is 2.23. The SMILES string of the molecule is CCCN1SNc2ccccc2C1=O. The second kappa shape index (κ2) is 3.92. The highest BCUT2D eigenvalue weighted by Crippen LogP contribution is 2.29. The first-order valence-electron chi connectivity index (χ1n) is 4.67. The van der Waals surface area contributed by atoms with Crippen LogP contribution >= 0.6 is 12.1 Å². The summed E-state index contributed by atoms with van der Waals surface area (Å²) in [5.41, 5.74) is 1.68. The maximum Gasteiger partial charge on any atom is 0.267 e. The fourth-order valence-corrected chi connectivity index (χ4v) is 2.23. The molecule has 0 saturated carbocycles. The molecule has 4 heteroatoms. The molecule has 0 fully saturated rings. The predicted molar refractivity (Wildman–Crippen MR) is 59.0 cm³/mol. The maximum absolute atomic E-state index is 11.9. The number of carbonyl (C=O) groups is 1. The van der Waals surface area contributed by atoms with E-state index in [4.69, 9.17) is 0 Å². The summed E-state index contributed by atoms with van der Waals surface area (Å²) >= 11 is 1.37. The maximum atomic E-state index is 11.9. The van der Waals surface area contributed by atoms with Gasteiger partial charge in [0.15, 0.2) is 0 Å². The Balaban J connectivity index is 2.27. The van der Waals surface area contributed by atoms with Gasteiger partial charge in [0.2, 0.25) is 0 Å². The predicted octanol–water partition coefficient (Wildman–Crippen LogP) is 2.53. The van der Waals surface area contributed by atoms with Gasteiger partial charge in [0.1, 0.15) is 0 Å². The number of rotatable bonds is 2. The third-order valence-corrected chi connectivity index (χ3v) is 2.96. The van der Waals surface area contributed by atoms with E-state index in [-0.39, 0.29) is 5.91 Å².